The molecule has 8 heteroatoms. The summed E-state index contributed by atoms with van der Waals surface area (Å²) in [5, 5.41) is 5.61. The van der Waals surface area contributed by atoms with E-state index < -0.39 is 28.9 Å². The minimum absolute atomic E-state index is 0.156. The number of alkyl halides is 6. The first kappa shape index (κ1) is 34.8. The standard InChI is InChI=1S/C40H40F6S2/c1-3-5-7-9-19-34-31(21-22-47-34)36-37(39(43,44)40(45,46)38(36,41)42)33-25-28(48-35(33)20-10-8-6-4-2)24-32-29-17-13-11-15-26(29)23-27-16-12-14-18-30(27)32/h11-18,21-23,25H,3-10,19-20,24H2,1-2H3. The zero-order chi connectivity index (χ0) is 34.1. The van der Waals surface area contributed by atoms with Crippen LogP contribution < -0.4 is 0 Å². The minimum atomic E-state index is -5.57. The Balaban J connectivity index is 1.53. The maximum absolute atomic E-state index is 16.1. The molecule has 1 aliphatic rings. The van der Waals surface area contributed by atoms with Crippen molar-refractivity contribution in [2.75, 3.05) is 0 Å². The average molecular weight is 699 g/mol. The van der Waals surface area contributed by atoms with Gasteiger partial charge in [-0.25, -0.2) is 0 Å². The van der Waals surface area contributed by atoms with E-state index in [1.807, 2.05) is 48.5 Å². The molecule has 0 bridgehead atoms. The topological polar surface area (TPSA) is 0 Å². The van der Waals surface area contributed by atoms with Gasteiger partial charge in [0, 0.05) is 32.2 Å². The highest BCUT2D eigenvalue weighted by molar-refractivity contribution is 7.12. The van der Waals surface area contributed by atoms with Crippen molar-refractivity contribution in [3.05, 3.63) is 103 Å². The van der Waals surface area contributed by atoms with Crippen LogP contribution in [0.4, 0.5) is 26.3 Å². The number of aryl methyl sites for hydroxylation is 2. The van der Waals surface area contributed by atoms with Gasteiger partial charge in [0.2, 0.25) is 0 Å². The Bertz CT molecular complexity index is 1870. The fourth-order valence-electron chi connectivity index (χ4n) is 7.06. The first-order valence-electron chi connectivity index (χ1n) is 17.0. The molecule has 0 saturated heterocycles. The van der Waals surface area contributed by atoms with Crippen molar-refractivity contribution in [3.63, 3.8) is 0 Å². The smallest absolute Gasteiger partial charge is 0.194 e. The molecular formula is C40H40F6S2. The summed E-state index contributed by atoms with van der Waals surface area (Å²) >= 11 is 2.46. The number of hydrogen-bond donors (Lipinski definition) is 0. The summed E-state index contributed by atoms with van der Waals surface area (Å²) in [6.45, 7) is 4.11. The summed E-state index contributed by atoms with van der Waals surface area (Å²) in [5.41, 5.74) is -1.75. The number of allylic oxidation sites excluding steroid dienone is 2. The van der Waals surface area contributed by atoms with Gasteiger partial charge in [-0.15, -0.1) is 22.7 Å². The molecule has 2 heterocycles. The largest absolute Gasteiger partial charge is 0.380 e. The van der Waals surface area contributed by atoms with Crippen LogP contribution >= 0.6 is 22.7 Å². The number of thiophene rings is 2. The molecule has 0 amide bonds. The van der Waals surface area contributed by atoms with Gasteiger partial charge in [0.05, 0.1) is 0 Å². The summed E-state index contributed by atoms with van der Waals surface area (Å²) in [7, 11) is 0. The monoisotopic (exact) mass is 698 g/mol. The Morgan fingerprint density at radius 1 is 0.583 bits per heavy atom. The normalized spacial score (nSPS) is 16.8. The second-order valence-corrected chi connectivity index (χ2v) is 15.1. The predicted octanol–water partition coefficient (Wildman–Crippen LogP) is 13.8. The van der Waals surface area contributed by atoms with Crippen molar-refractivity contribution in [1.82, 2.24) is 0 Å². The van der Waals surface area contributed by atoms with Crippen LogP contribution in [-0.2, 0) is 19.3 Å². The SMILES string of the molecule is CCCCCCc1sccc1C1=C(c2cc(Cc3c4ccccc4cc4ccccc34)sc2CCCCCC)C(F)(F)C(F)(F)C1(F)F. The molecule has 0 spiro atoms. The molecule has 0 radical (unpaired) electrons. The molecule has 3 aromatic carbocycles. The lowest BCUT2D eigenvalue weighted by molar-refractivity contribution is -0.254. The molecular weight excluding hydrogens is 659 g/mol. The zero-order valence-electron chi connectivity index (χ0n) is 27.3. The number of rotatable bonds is 14. The molecule has 0 aliphatic heterocycles. The van der Waals surface area contributed by atoms with Gasteiger partial charge in [0.25, 0.3) is 0 Å². The van der Waals surface area contributed by atoms with E-state index in [-0.39, 0.29) is 11.1 Å². The third kappa shape index (κ3) is 6.12. The van der Waals surface area contributed by atoms with Crippen LogP contribution in [0.1, 0.15) is 96.5 Å². The van der Waals surface area contributed by atoms with Gasteiger partial charge >= 0.3 is 17.8 Å². The number of fused-ring (bicyclic) bond motifs is 2. The van der Waals surface area contributed by atoms with Crippen LogP contribution in [0.5, 0.6) is 0 Å². The summed E-state index contributed by atoms with van der Waals surface area (Å²) in [5.74, 6) is -15.7. The number of unbranched alkanes of at least 4 members (excludes halogenated alkanes) is 6. The summed E-state index contributed by atoms with van der Waals surface area (Å²) in [6.07, 6.45) is 7.92. The van der Waals surface area contributed by atoms with E-state index in [9.17, 15) is 0 Å². The van der Waals surface area contributed by atoms with E-state index in [1.165, 1.54) is 34.8 Å². The van der Waals surface area contributed by atoms with Gasteiger partial charge < -0.3 is 0 Å². The first-order chi connectivity index (χ1) is 23.0. The molecule has 0 fully saturated rings. The fraction of sp³-hybridized carbons (Fsp3) is 0.400. The Labute approximate surface area is 286 Å². The van der Waals surface area contributed by atoms with Crippen LogP contribution in [0.3, 0.4) is 0 Å². The van der Waals surface area contributed by atoms with Gasteiger partial charge in [-0.2, -0.15) is 26.3 Å². The summed E-state index contributed by atoms with van der Waals surface area (Å²) in [4.78, 5) is 1.60. The maximum Gasteiger partial charge on any atom is 0.380 e. The second kappa shape index (κ2) is 14.0. The van der Waals surface area contributed by atoms with E-state index in [0.29, 0.717) is 46.7 Å². The molecule has 0 N–H and O–H groups in total. The molecule has 0 nitrogen and oxygen atoms in total. The Hall–Kier alpha value is -3.10. The Morgan fingerprint density at radius 2 is 1.12 bits per heavy atom. The van der Waals surface area contributed by atoms with Gasteiger partial charge in [0.15, 0.2) is 0 Å². The van der Waals surface area contributed by atoms with Crippen LogP contribution in [-0.4, -0.2) is 17.8 Å². The lowest BCUT2D eigenvalue weighted by Gasteiger charge is -2.26. The van der Waals surface area contributed by atoms with Crippen LogP contribution in [0.25, 0.3) is 32.7 Å². The van der Waals surface area contributed by atoms with Gasteiger partial charge in [-0.05, 0) is 87.5 Å². The first-order valence-corrected chi connectivity index (χ1v) is 18.7. The van der Waals surface area contributed by atoms with Crippen molar-refractivity contribution < 1.29 is 26.3 Å². The summed E-state index contributed by atoms with van der Waals surface area (Å²) < 4.78 is 94.8. The van der Waals surface area contributed by atoms with E-state index in [1.54, 1.807) is 5.38 Å². The van der Waals surface area contributed by atoms with Crippen LogP contribution in [0, 0.1) is 0 Å². The molecule has 2 aromatic heterocycles. The quantitative estimate of drug-likeness (QED) is 0.0615. The van der Waals surface area contributed by atoms with Gasteiger partial charge in [0.1, 0.15) is 0 Å². The van der Waals surface area contributed by atoms with Crippen molar-refractivity contribution in [2.24, 2.45) is 0 Å². The molecule has 6 rings (SSSR count). The van der Waals surface area contributed by atoms with Crippen LogP contribution in [0.15, 0.2) is 72.1 Å². The van der Waals surface area contributed by atoms with Crippen molar-refractivity contribution in [3.8, 4) is 0 Å². The molecule has 0 saturated carbocycles. The van der Waals surface area contributed by atoms with Crippen molar-refractivity contribution in [1.29, 1.82) is 0 Å². The van der Waals surface area contributed by atoms with Crippen LogP contribution in [0.2, 0.25) is 0 Å². The van der Waals surface area contributed by atoms with E-state index in [4.69, 9.17) is 0 Å². The molecule has 254 valence electrons. The van der Waals surface area contributed by atoms with E-state index in [2.05, 4.69) is 19.9 Å². The minimum Gasteiger partial charge on any atom is -0.194 e. The number of benzene rings is 3. The molecule has 1 aliphatic carbocycles. The third-order valence-corrected chi connectivity index (χ3v) is 11.7. The zero-order valence-corrected chi connectivity index (χ0v) is 28.9. The molecule has 0 atom stereocenters. The van der Waals surface area contributed by atoms with E-state index in [0.717, 1.165) is 65.6 Å². The number of halogens is 6. The Morgan fingerprint density at radius 3 is 1.71 bits per heavy atom. The number of hydrogen-bond acceptors (Lipinski definition) is 2. The lowest BCUT2D eigenvalue weighted by atomic mass is 9.92. The fourth-order valence-corrected chi connectivity index (χ4v) is 9.21. The highest BCUT2D eigenvalue weighted by atomic mass is 32.1. The van der Waals surface area contributed by atoms with Gasteiger partial charge in [-0.3, -0.25) is 0 Å². The molecule has 5 aromatic rings. The van der Waals surface area contributed by atoms with Crippen molar-refractivity contribution >= 4 is 55.4 Å². The maximum atomic E-state index is 16.1. The average Bonchev–Trinajstić information content (AvgIpc) is 3.71. The van der Waals surface area contributed by atoms with Gasteiger partial charge in [-0.1, -0.05) is 101 Å². The molecule has 48 heavy (non-hydrogen) atoms. The second-order valence-electron chi connectivity index (χ2n) is 12.9. The summed E-state index contributed by atoms with van der Waals surface area (Å²) in [6, 6.07) is 20.8. The lowest BCUT2D eigenvalue weighted by Crippen LogP contribution is -2.49. The third-order valence-electron chi connectivity index (χ3n) is 9.56. The highest BCUT2D eigenvalue weighted by Gasteiger charge is 2.80. The highest BCUT2D eigenvalue weighted by Crippen LogP contribution is 2.66. The predicted molar refractivity (Wildman–Crippen MR) is 190 cm³/mol. The van der Waals surface area contributed by atoms with E-state index >= 15 is 26.3 Å². The van der Waals surface area contributed by atoms with Crippen molar-refractivity contribution in [2.45, 2.75) is 102 Å². The molecule has 0 unspecified atom stereocenters. The Kier molecular flexibility index (Phi) is 10.2.